The van der Waals surface area contributed by atoms with Crippen LogP contribution in [0.3, 0.4) is 0 Å². The Morgan fingerprint density at radius 1 is 1.26 bits per heavy atom. The molecule has 1 rings (SSSR count). The number of hydrogen-bond donors (Lipinski definition) is 1. The SMILES string of the molecule is COc1cc(C)c(OC)c(CC(C)(C)C(=O)O)c1C. The van der Waals surface area contributed by atoms with Gasteiger partial charge in [-0.15, -0.1) is 0 Å². The molecule has 0 fully saturated rings. The molecule has 0 aromatic heterocycles. The summed E-state index contributed by atoms with van der Waals surface area (Å²) in [4.78, 5) is 11.3. The van der Waals surface area contributed by atoms with Gasteiger partial charge in [-0.25, -0.2) is 0 Å². The normalized spacial score (nSPS) is 11.3. The summed E-state index contributed by atoms with van der Waals surface area (Å²) in [7, 11) is 3.21. The van der Waals surface area contributed by atoms with Gasteiger partial charge < -0.3 is 14.6 Å². The van der Waals surface area contributed by atoms with E-state index in [0.29, 0.717) is 6.42 Å². The maximum absolute atomic E-state index is 11.3. The number of aryl methyl sites for hydroxylation is 1. The predicted molar refractivity (Wildman–Crippen MR) is 74.1 cm³/mol. The minimum Gasteiger partial charge on any atom is -0.496 e. The van der Waals surface area contributed by atoms with Crippen LogP contribution in [0.25, 0.3) is 0 Å². The molecule has 0 atom stereocenters. The fourth-order valence-corrected chi connectivity index (χ4v) is 2.15. The van der Waals surface area contributed by atoms with E-state index < -0.39 is 11.4 Å². The second kappa shape index (κ2) is 5.51. The van der Waals surface area contributed by atoms with E-state index in [1.165, 1.54) is 0 Å². The van der Waals surface area contributed by atoms with Crippen LogP contribution < -0.4 is 9.47 Å². The summed E-state index contributed by atoms with van der Waals surface area (Å²) in [5, 5.41) is 9.28. The van der Waals surface area contributed by atoms with Crippen LogP contribution in [0.2, 0.25) is 0 Å². The summed E-state index contributed by atoms with van der Waals surface area (Å²) in [6, 6.07) is 1.91. The Morgan fingerprint density at radius 2 is 1.84 bits per heavy atom. The molecule has 0 amide bonds. The molecule has 0 aliphatic carbocycles. The molecule has 1 aromatic rings. The van der Waals surface area contributed by atoms with E-state index in [1.807, 2.05) is 19.9 Å². The molecule has 0 heterocycles. The largest absolute Gasteiger partial charge is 0.496 e. The molecular weight excluding hydrogens is 244 g/mol. The molecule has 106 valence electrons. The molecule has 0 aliphatic heterocycles. The van der Waals surface area contributed by atoms with Gasteiger partial charge in [0.1, 0.15) is 11.5 Å². The van der Waals surface area contributed by atoms with Gasteiger partial charge in [0.05, 0.1) is 19.6 Å². The average molecular weight is 266 g/mol. The maximum atomic E-state index is 11.3. The molecule has 0 saturated carbocycles. The Kier molecular flexibility index (Phi) is 4.45. The highest BCUT2D eigenvalue weighted by Gasteiger charge is 2.30. The zero-order valence-corrected chi connectivity index (χ0v) is 12.5. The molecule has 4 nitrogen and oxygen atoms in total. The lowest BCUT2D eigenvalue weighted by atomic mass is 9.83. The number of carboxylic acids is 1. The third kappa shape index (κ3) is 3.00. The quantitative estimate of drug-likeness (QED) is 0.890. The highest BCUT2D eigenvalue weighted by Crippen LogP contribution is 2.37. The van der Waals surface area contributed by atoms with E-state index in [2.05, 4.69) is 0 Å². The molecule has 0 aliphatic rings. The van der Waals surface area contributed by atoms with E-state index in [9.17, 15) is 9.90 Å². The zero-order valence-electron chi connectivity index (χ0n) is 12.5. The fourth-order valence-electron chi connectivity index (χ4n) is 2.15. The summed E-state index contributed by atoms with van der Waals surface area (Å²) >= 11 is 0. The topological polar surface area (TPSA) is 55.8 Å². The molecule has 4 heteroatoms. The van der Waals surface area contributed by atoms with Crippen LogP contribution in [-0.4, -0.2) is 25.3 Å². The van der Waals surface area contributed by atoms with E-state index in [1.54, 1.807) is 28.1 Å². The summed E-state index contributed by atoms with van der Waals surface area (Å²) in [6.45, 7) is 7.28. The maximum Gasteiger partial charge on any atom is 0.309 e. The highest BCUT2D eigenvalue weighted by atomic mass is 16.5. The Balaban J connectivity index is 3.40. The second-order valence-electron chi connectivity index (χ2n) is 5.40. The van der Waals surface area contributed by atoms with Crippen molar-refractivity contribution in [3.8, 4) is 11.5 Å². The van der Waals surface area contributed by atoms with Crippen molar-refractivity contribution in [1.29, 1.82) is 0 Å². The van der Waals surface area contributed by atoms with Crippen molar-refractivity contribution in [2.24, 2.45) is 5.41 Å². The monoisotopic (exact) mass is 266 g/mol. The van der Waals surface area contributed by atoms with Crippen molar-refractivity contribution < 1.29 is 19.4 Å². The first-order valence-corrected chi connectivity index (χ1v) is 6.19. The number of benzene rings is 1. The van der Waals surface area contributed by atoms with Crippen LogP contribution in [-0.2, 0) is 11.2 Å². The first kappa shape index (κ1) is 15.3. The van der Waals surface area contributed by atoms with Gasteiger partial charge in [-0.1, -0.05) is 0 Å². The predicted octanol–water partition coefficient (Wildman–Crippen LogP) is 2.97. The van der Waals surface area contributed by atoms with Crippen LogP contribution in [0.4, 0.5) is 0 Å². The van der Waals surface area contributed by atoms with Crippen molar-refractivity contribution >= 4 is 5.97 Å². The number of carboxylic acid groups (broad SMARTS) is 1. The third-order valence-corrected chi connectivity index (χ3v) is 3.42. The number of methoxy groups -OCH3 is 2. The van der Waals surface area contributed by atoms with Crippen LogP contribution >= 0.6 is 0 Å². The highest BCUT2D eigenvalue weighted by molar-refractivity contribution is 5.74. The third-order valence-electron chi connectivity index (χ3n) is 3.42. The summed E-state index contributed by atoms with van der Waals surface area (Å²) < 4.78 is 10.8. The molecular formula is C15H22O4. The van der Waals surface area contributed by atoms with Crippen molar-refractivity contribution in [2.75, 3.05) is 14.2 Å². The van der Waals surface area contributed by atoms with Gasteiger partial charge in [-0.05, 0) is 51.3 Å². The molecule has 0 saturated heterocycles. The molecule has 0 unspecified atom stereocenters. The Labute approximate surface area is 114 Å². The van der Waals surface area contributed by atoms with Gasteiger partial charge in [-0.3, -0.25) is 4.79 Å². The lowest BCUT2D eigenvalue weighted by Crippen LogP contribution is -2.27. The van der Waals surface area contributed by atoms with E-state index >= 15 is 0 Å². The lowest BCUT2D eigenvalue weighted by Gasteiger charge is -2.24. The molecule has 0 radical (unpaired) electrons. The average Bonchev–Trinajstić information content (AvgIpc) is 2.33. The fraction of sp³-hybridized carbons (Fsp3) is 0.533. The van der Waals surface area contributed by atoms with E-state index in [0.717, 1.165) is 28.2 Å². The van der Waals surface area contributed by atoms with Gasteiger partial charge in [0, 0.05) is 5.56 Å². The van der Waals surface area contributed by atoms with Crippen molar-refractivity contribution in [2.45, 2.75) is 34.1 Å². The number of carbonyl (C=O) groups is 1. The summed E-state index contributed by atoms with van der Waals surface area (Å²) in [5.41, 5.74) is 1.92. The molecule has 1 aromatic carbocycles. The standard InChI is InChI=1S/C15H22O4/c1-9-7-12(18-5)10(2)11(13(9)19-6)8-15(3,4)14(16)17/h7H,8H2,1-6H3,(H,16,17). The Morgan fingerprint density at radius 3 is 2.26 bits per heavy atom. The lowest BCUT2D eigenvalue weighted by molar-refractivity contribution is -0.146. The minimum absolute atomic E-state index is 0.398. The van der Waals surface area contributed by atoms with Gasteiger partial charge in [0.25, 0.3) is 0 Å². The molecule has 0 spiro atoms. The van der Waals surface area contributed by atoms with Crippen LogP contribution in [0, 0.1) is 19.3 Å². The van der Waals surface area contributed by atoms with E-state index in [4.69, 9.17) is 9.47 Å². The number of ether oxygens (including phenoxy) is 2. The van der Waals surface area contributed by atoms with Gasteiger partial charge in [0.2, 0.25) is 0 Å². The zero-order chi connectivity index (χ0) is 14.8. The van der Waals surface area contributed by atoms with Crippen molar-refractivity contribution in [3.05, 3.63) is 22.8 Å². The molecule has 19 heavy (non-hydrogen) atoms. The Hall–Kier alpha value is -1.71. The van der Waals surface area contributed by atoms with Gasteiger partial charge in [0.15, 0.2) is 0 Å². The van der Waals surface area contributed by atoms with E-state index in [-0.39, 0.29) is 0 Å². The number of aliphatic carboxylic acids is 1. The number of rotatable bonds is 5. The van der Waals surface area contributed by atoms with Gasteiger partial charge >= 0.3 is 5.97 Å². The molecule has 1 N–H and O–H groups in total. The van der Waals surface area contributed by atoms with Crippen molar-refractivity contribution in [1.82, 2.24) is 0 Å². The minimum atomic E-state index is -0.850. The van der Waals surface area contributed by atoms with Crippen LogP contribution in [0.5, 0.6) is 11.5 Å². The first-order chi connectivity index (χ1) is 8.74. The van der Waals surface area contributed by atoms with Crippen LogP contribution in [0.1, 0.15) is 30.5 Å². The number of hydrogen-bond acceptors (Lipinski definition) is 3. The smallest absolute Gasteiger partial charge is 0.309 e. The first-order valence-electron chi connectivity index (χ1n) is 6.19. The summed E-state index contributed by atoms with van der Waals surface area (Å²) in [6.07, 6.45) is 0.398. The van der Waals surface area contributed by atoms with Gasteiger partial charge in [-0.2, -0.15) is 0 Å². The second-order valence-corrected chi connectivity index (χ2v) is 5.40. The van der Waals surface area contributed by atoms with Crippen molar-refractivity contribution in [3.63, 3.8) is 0 Å². The Bertz CT molecular complexity index is 489. The van der Waals surface area contributed by atoms with Crippen LogP contribution in [0.15, 0.2) is 6.07 Å². The molecule has 0 bridgehead atoms. The summed E-state index contributed by atoms with van der Waals surface area (Å²) in [5.74, 6) is 0.677.